The molecule has 4 nitrogen and oxygen atoms in total. The third-order valence-electron chi connectivity index (χ3n) is 2.75. The Kier molecular flexibility index (Phi) is 3.19. The minimum atomic E-state index is 0.159. The largest absolute Gasteiger partial charge is 0.394 e. The van der Waals surface area contributed by atoms with Gasteiger partial charge in [-0.2, -0.15) is 0 Å². The highest BCUT2D eigenvalue weighted by atomic mass is 15.0. The number of nitrogens with one attached hydrogen (secondary N) is 1. The molecule has 94 valence electrons. The van der Waals surface area contributed by atoms with Gasteiger partial charge in [-0.05, 0) is 23.1 Å². The first-order valence-electron chi connectivity index (χ1n) is 5.90. The molecule has 0 saturated carbocycles. The van der Waals surface area contributed by atoms with Crippen molar-refractivity contribution in [3.63, 3.8) is 0 Å². The van der Waals surface area contributed by atoms with E-state index in [1.165, 1.54) is 11.9 Å². The maximum absolute atomic E-state index is 5.78. The minimum Gasteiger partial charge on any atom is -0.394 e. The van der Waals surface area contributed by atoms with Gasteiger partial charge in [0.15, 0.2) is 5.82 Å². The summed E-state index contributed by atoms with van der Waals surface area (Å²) in [6.45, 7) is 6.58. The average molecular weight is 242 g/mol. The molecule has 0 amide bonds. The van der Waals surface area contributed by atoms with Crippen LogP contribution in [0.2, 0.25) is 0 Å². The Hall–Kier alpha value is -2.10. The lowest BCUT2D eigenvalue weighted by atomic mass is 9.87. The SMILES string of the molecule is CC(C)(C)c1ccc(Nc2ncncc2N)cc1. The molecule has 18 heavy (non-hydrogen) atoms. The van der Waals surface area contributed by atoms with E-state index in [9.17, 15) is 0 Å². The fraction of sp³-hybridized carbons (Fsp3) is 0.286. The Morgan fingerprint density at radius 2 is 1.78 bits per heavy atom. The fourth-order valence-electron chi connectivity index (χ4n) is 1.64. The Labute approximate surface area is 107 Å². The van der Waals surface area contributed by atoms with Crippen molar-refractivity contribution in [3.8, 4) is 0 Å². The van der Waals surface area contributed by atoms with Gasteiger partial charge in [0.1, 0.15) is 6.33 Å². The molecule has 0 aliphatic carbocycles. The highest BCUT2D eigenvalue weighted by molar-refractivity contribution is 5.67. The minimum absolute atomic E-state index is 0.159. The van der Waals surface area contributed by atoms with Gasteiger partial charge < -0.3 is 11.1 Å². The number of benzene rings is 1. The molecule has 3 N–H and O–H groups in total. The van der Waals surface area contributed by atoms with Crippen LogP contribution in [0.4, 0.5) is 17.2 Å². The highest BCUT2D eigenvalue weighted by Gasteiger charge is 2.12. The third-order valence-corrected chi connectivity index (χ3v) is 2.75. The van der Waals surface area contributed by atoms with E-state index in [0.717, 1.165) is 5.69 Å². The summed E-state index contributed by atoms with van der Waals surface area (Å²) in [7, 11) is 0. The summed E-state index contributed by atoms with van der Waals surface area (Å²) in [5.74, 6) is 0.633. The standard InChI is InChI=1S/C14H18N4/c1-14(2,3)10-4-6-11(7-5-10)18-13-12(15)8-16-9-17-13/h4-9H,15H2,1-3H3,(H,16,17,18). The lowest BCUT2D eigenvalue weighted by Gasteiger charge is -2.19. The van der Waals surface area contributed by atoms with Crippen molar-refractivity contribution in [3.05, 3.63) is 42.4 Å². The Balaban J connectivity index is 2.19. The number of nitrogens with zero attached hydrogens (tertiary/aromatic N) is 2. The molecule has 2 rings (SSSR count). The van der Waals surface area contributed by atoms with Crippen molar-refractivity contribution in [2.45, 2.75) is 26.2 Å². The van der Waals surface area contributed by atoms with Gasteiger partial charge in [0.25, 0.3) is 0 Å². The quantitative estimate of drug-likeness (QED) is 0.849. The topological polar surface area (TPSA) is 63.8 Å². The van der Waals surface area contributed by atoms with Crippen molar-refractivity contribution in [2.75, 3.05) is 11.1 Å². The molecule has 0 bridgehead atoms. The van der Waals surface area contributed by atoms with Crippen LogP contribution in [0.1, 0.15) is 26.3 Å². The second-order valence-electron chi connectivity index (χ2n) is 5.28. The molecule has 0 aliphatic heterocycles. The third kappa shape index (κ3) is 2.77. The summed E-state index contributed by atoms with van der Waals surface area (Å²) in [5, 5.41) is 3.17. The van der Waals surface area contributed by atoms with Crippen LogP contribution in [0.15, 0.2) is 36.8 Å². The van der Waals surface area contributed by atoms with Crippen LogP contribution in [0.5, 0.6) is 0 Å². The van der Waals surface area contributed by atoms with Crippen LogP contribution >= 0.6 is 0 Å². The lowest BCUT2D eigenvalue weighted by Crippen LogP contribution is -2.10. The molecule has 0 unspecified atom stereocenters. The zero-order chi connectivity index (χ0) is 13.2. The summed E-state index contributed by atoms with van der Waals surface area (Å²) in [6.07, 6.45) is 3.06. The molecule has 0 aliphatic rings. The number of rotatable bonds is 2. The Morgan fingerprint density at radius 3 is 2.33 bits per heavy atom. The first-order valence-corrected chi connectivity index (χ1v) is 5.90. The zero-order valence-electron chi connectivity index (χ0n) is 10.9. The predicted octanol–water partition coefficient (Wildman–Crippen LogP) is 3.10. The van der Waals surface area contributed by atoms with E-state index in [-0.39, 0.29) is 5.41 Å². The van der Waals surface area contributed by atoms with Gasteiger partial charge in [-0.15, -0.1) is 0 Å². The van der Waals surface area contributed by atoms with E-state index >= 15 is 0 Å². The molecule has 0 radical (unpaired) electrons. The number of aromatic nitrogens is 2. The monoisotopic (exact) mass is 242 g/mol. The van der Waals surface area contributed by atoms with Crippen molar-refractivity contribution >= 4 is 17.2 Å². The van der Waals surface area contributed by atoms with Crippen molar-refractivity contribution in [1.29, 1.82) is 0 Å². The molecular weight excluding hydrogens is 224 g/mol. The van der Waals surface area contributed by atoms with E-state index in [1.54, 1.807) is 6.20 Å². The predicted molar refractivity (Wildman–Crippen MR) is 74.9 cm³/mol. The highest BCUT2D eigenvalue weighted by Crippen LogP contribution is 2.25. The summed E-state index contributed by atoms with van der Waals surface area (Å²) in [6, 6.07) is 8.28. The summed E-state index contributed by atoms with van der Waals surface area (Å²) >= 11 is 0. The van der Waals surface area contributed by atoms with E-state index in [1.807, 2.05) is 12.1 Å². The van der Waals surface area contributed by atoms with Crippen LogP contribution < -0.4 is 11.1 Å². The maximum Gasteiger partial charge on any atom is 0.157 e. The molecule has 0 spiro atoms. The normalized spacial score (nSPS) is 11.3. The van der Waals surface area contributed by atoms with Crippen LogP contribution in [-0.2, 0) is 5.41 Å². The summed E-state index contributed by atoms with van der Waals surface area (Å²) in [4.78, 5) is 7.95. The molecule has 0 fully saturated rings. The number of hydrogen-bond acceptors (Lipinski definition) is 4. The first-order chi connectivity index (χ1) is 8.47. The van der Waals surface area contributed by atoms with Crippen LogP contribution in [0, 0.1) is 0 Å². The van der Waals surface area contributed by atoms with Gasteiger partial charge in [-0.3, -0.25) is 0 Å². The molecule has 1 aromatic heterocycles. The van der Waals surface area contributed by atoms with E-state index in [4.69, 9.17) is 5.73 Å². The molecule has 1 heterocycles. The van der Waals surface area contributed by atoms with E-state index in [0.29, 0.717) is 11.5 Å². The maximum atomic E-state index is 5.78. The van der Waals surface area contributed by atoms with E-state index < -0.39 is 0 Å². The van der Waals surface area contributed by atoms with Gasteiger partial charge in [0.05, 0.1) is 11.9 Å². The summed E-state index contributed by atoms with van der Waals surface area (Å²) in [5.41, 5.74) is 8.74. The number of anilines is 3. The number of nitrogens with two attached hydrogens (primary N) is 1. The zero-order valence-corrected chi connectivity index (χ0v) is 10.9. The second-order valence-corrected chi connectivity index (χ2v) is 5.28. The molecule has 4 heteroatoms. The molecular formula is C14H18N4. The fourth-order valence-corrected chi connectivity index (χ4v) is 1.64. The van der Waals surface area contributed by atoms with Crippen LogP contribution in [0.25, 0.3) is 0 Å². The molecule has 2 aromatic rings. The smallest absolute Gasteiger partial charge is 0.157 e. The van der Waals surface area contributed by atoms with Crippen molar-refractivity contribution in [1.82, 2.24) is 9.97 Å². The van der Waals surface area contributed by atoms with Gasteiger partial charge in [0, 0.05) is 5.69 Å². The first kappa shape index (κ1) is 12.4. The van der Waals surface area contributed by atoms with Gasteiger partial charge in [-0.25, -0.2) is 9.97 Å². The van der Waals surface area contributed by atoms with Crippen molar-refractivity contribution < 1.29 is 0 Å². The number of nitrogen functional groups attached to an aromatic ring is 1. The Morgan fingerprint density at radius 1 is 1.11 bits per heavy atom. The van der Waals surface area contributed by atoms with E-state index in [2.05, 4.69) is 48.2 Å². The Bertz CT molecular complexity index is 526. The lowest BCUT2D eigenvalue weighted by molar-refractivity contribution is 0.590. The van der Waals surface area contributed by atoms with Crippen LogP contribution in [-0.4, -0.2) is 9.97 Å². The molecule has 1 aromatic carbocycles. The number of hydrogen-bond donors (Lipinski definition) is 2. The van der Waals surface area contributed by atoms with Gasteiger partial charge >= 0.3 is 0 Å². The summed E-state index contributed by atoms with van der Waals surface area (Å²) < 4.78 is 0. The van der Waals surface area contributed by atoms with Gasteiger partial charge in [0.2, 0.25) is 0 Å². The van der Waals surface area contributed by atoms with Crippen molar-refractivity contribution in [2.24, 2.45) is 0 Å². The molecule has 0 saturated heterocycles. The average Bonchev–Trinajstić information content (AvgIpc) is 2.32. The molecule has 0 atom stereocenters. The van der Waals surface area contributed by atoms with Gasteiger partial charge in [-0.1, -0.05) is 32.9 Å². The second kappa shape index (κ2) is 4.64. The van der Waals surface area contributed by atoms with Crippen LogP contribution in [0.3, 0.4) is 0 Å².